The molecule has 0 aliphatic carbocycles. The zero-order valence-corrected chi connectivity index (χ0v) is 9.23. The van der Waals surface area contributed by atoms with E-state index in [0.29, 0.717) is 11.6 Å². The van der Waals surface area contributed by atoms with Gasteiger partial charge < -0.3 is 10.5 Å². The predicted molar refractivity (Wildman–Crippen MR) is 56.2 cm³/mol. The standard InChI is InChI=1S/C9H9BrClNO/c10-5-1-2-6(11)8-7(12)3-4-13-9(5)8/h1-2,7H,3-4,12H2/t7-/m0/s1. The summed E-state index contributed by atoms with van der Waals surface area (Å²) in [4.78, 5) is 0. The van der Waals surface area contributed by atoms with Crippen LogP contribution in [-0.2, 0) is 0 Å². The fourth-order valence-electron chi connectivity index (χ4n) is 1.47. The van der Waals surface area contributed by atoms with E-state index in [4.69, 9.17) is 22.1 Å². The largest absolute Gasteiger partial charge is 0.492 e. The maximum absolute atomic E-state index is 6.03. The Labute approximate surface area is 90.1 Å². The first-order valence-electron chi connectivity index (χ1n) is 4.06. The third-order valence-electron chi connectivity index (χ3n) is 2.14. The van der Waals surface area contributed by atoms with Gasteiger partial charge in [0.2, 0.25) is 0 Å². The van der Waals surface area contributed by atoms with Gasteiger partial charge in [-0.3, -0.25) is 0 Å². The molecule has 0 saturated carbocycles. The highest BCUT2D eigenvalue weighted by molar-refractivity contribution is 9.10. The fourth-order valence-corrected chi connectivity index (χ4v) is 2.22. The van der Waals surface area contributed by atoms with Gasteiger partial charge in [-0.15, -0.1) is 0 Å². The second-order valence-corrected chi connectivity index (χ2v) is 4.28. The third-order valence-corrected chi connectivity index (χ3v) is 3.09. The first kappa shape index (κ1) is 9.31. The molecule has 1 aromatic rings. The topological polar surface area (TPSA) is 35.2 Å². The van der Waals surface area contributed by atoms with Crippen molar-refractivity contribution in [1.82, 2.24) is 0 Å². The molecule has 0 radical (unpaired) electrons. The van der Waals surface area contributed by atoms with E-state index in [-0.39, 0.29) is 6.04 Å². The van der Waals surface area contributed by atoms with Crippen LogP contribution in [0, 0.1) is 0 Å². The van der Waals surface area contributed by atoms with E-state index in [9.17, 15) is 0 Å². The maximum Gasteiger partial charge on any atom is 0.139 e. The highest BCUT2D eigenvalue weighted by Crippen LogP contribution is 2.40. The zero-order valence-electron chi connectivity index (χ0n) is 6.89. The minimum Gasteiger partial charge on any atom is -0.492 e. The van der Waals surface area contributed by atoms with Crippen molar-refractivity contribution in [1.29, 1.82) is 0 Å². The van der Waals surface area contributed by atoms with Crippen molar-refractivity contribution in [3.8, 4) is 5.75 Å². The average molecular weight is 263 g/mol. The lowest BCUT2D eigenvalue weighted by molar-refractivity contribution is 0.267. The molecule has 13 heavy (non-hydrogen) atoms. The summed E-state index contributed by atoms with van der Waals surface area (Å²) in [5.41, 5.74) is 6.85. The van der Waals surface area contributed by atoms with Gasteiger partial charge in [-0.05, 0) is 28.1 Å². The normalized spacial score (nSPS) is 20.7. The van der Waals surface area contributed by atoms with Crippen LogP contribution in [0.5, 0.6) is 5.75 Å². The Kier molecular flexibility index (Phi) is 2.49. The lowest BCUT2D eigenvalue weighted by Crippen LogP contribution is -2.21. The Hall–Kier alpha value is -0.250. The zero-order chi connectivity index (χ0) is 9.42. The van der Waals surface area contributed by atoms with Crippen LogP contribution in [-0.4, -0.2) is 6.61 Å². The van der Waals surface area contributed by atoms with Gasteiger partial charge in [0.25, 0.3) is 0 Å². The average Bonchev–Trinajstić information content (AvgIpc) is 2.12. The molecule has 0 bridgehead atoms. The molecule has 1 heterocycles. The maximum atomic E-state index is 6.03. The number of benzene rings is 1. The first-order valence-corrected chi connectivity index (χ1v) is 5.23. The predicted octanol–water partition coefficient (Wildman–Crippen LogP) is 2.88. The van der Waals surface area contributed by atoms with Crippen LogP contribution in [0.3, 0.4) is 0 Å². The summed E-state index contributed by atoms with van der Waals surface area (Å²) >= 11 is 9.43. The van der Waals surface area contributed by atoms with E-state index in [1.54, 1.807) is 0 Å². The smallest absolute Gasteiger partial charge is 0.139 e. The van der Waals surface area contributed by atoms with Crippen molar-refractivity contribution in [2.24, 2.45) is 5.73 Å². The van der Waals surface area contributed by atoms with Crippen molar-refractivity contribution in [2.75, 3.05) is 6.61 Å². The van der Waals surface area contributed by atoms with E-state index >= 15 is 0 Å². The SMILES string of the molecule is N[C@H]1CCOc2c(Br)ccc(Cl)c21. The van der Waals surface area contributed by atoms with E-state index in [2.05, 4.69) is 15.9 Å². The Balaban J connectivity index is 2.60. The molecule has 0 aromatic heterocycles. The molecule has 2 nitrogen and oxygen atoms in total. The van der Waals surface area contributed by atoms with Gasteiger partial charge in [-0.25, -0.2) is 0 Å². The number of hydrogen-bond acceptors (Lipinski definition) is 2. The molecule has 0 saturated heterocycles. The molecule has 0 fully saturated rings. The van der Waals surface area contributed by atoms with Crippen LogP contribution in [0.4, 0.5) is 0 Å². The monoisotopic (exact) mass is 261 g/mol. The van der Waals surface area contributed by atoms with Crippen molar-refractivity contribution >= 4 is 27.5 Å². The van der Waals surface area contributed by atoms with Crippen molar-refractivity contribution in [3.63, 3.8) is 0 Å². The molecule has 2 rings (SSSR count). The molecule has 1 atom stereocenters. The van der Waals surface area contributed by atoms with Gasteiger partial charge in [-0.2, -0.15) is 0 Å². The van der Waals surface area contributed by atoms with Gasteiger partial charge in [0.05, 0.1) is 11.1 Å². The summed E-state index contributed by atoms with van der Waals surface area (Å²) in [5.74, 6) is 0.797. The van der Waals surface area contributed by atoms with E-state index < -0.39 is 0 Å². The van der Waals surface area contributed by atoms with Gasteiger partial charge in [-0.1, -0.05) is 11.6 Å². The highest BCUT2D eigenvalue weighted by atomic mass is 79.9. The molecule has 2 N–H and O–H groups in total. The summed E-state index contributed by atoms with van der Waals surface area (Å²) in [6.07, 6.45) is 0.823. The summed E-state index contributed by atoms with van der Waals surface area (Å²) < 4.78 is 6.41. The molecule has 1 aliphatic heterocycles. The molecule has 70 valence electrons. The summed E-state index contributed by atoms with van der Waals surface area (Å²) in [6.45, 7) is 0.660. The number of nitrogens with two attached hydrogens (primary N) is 1. The second kappa shape index (κ2) is 3.48. The highest BCUT2D eigenvalue weighted by Gasteiger charge is 2.22. The summed E-state index contributed by atoms with van der Waals surface area (Å²) in [6, 6.07) is 3.70. The van der Waals surface area contributed by atoms with Crippen LogP contribution >= 0.6 is 27.5 Å². The number of hydrogen-bond donors (Lipinski definition) is 1. The third kappa shape index (κ3) is 1.56. The van der Waals surface area contributed by atoms with E-state index in [1.807, 2.05) is 12.1 Å². The Bertz CT molecular complexity index is 343. The van der Waals surface area contributed by atoms with Crippen LogP contribution in [0.2, 0.25) is 5.02 Å². The Morgan fingerprint density at radius 3 is 3.00 bits per heavy atom. The van der Waals surface area contributed by atoms with Crippen molar-refractivity contribution in [2.45, 2.75) is 12.5 Å². The number of halogens is 2. The fraction of sp³-hybridized carbons (Fsp3) is 0.333. The number of rotatable bonds is 0. The quantitative estimate of drug-likeness (QED) is 0.780. The molecule has 1 aromatic carbocycles. The minimum atomic E-state index is -0.00579. The number of fused-ring (bicyclic) bond motifs is 1. The van der Waals surface area contributed by atoms with Crippen LogP contribution in [0.1, 0.15) is 18.0 Å². The van der Waals surface area contributed by atoms with Gasteiger partial charge in [0.15, 0.2) is 0 Å². The lowest BCUT2D eigenvalue weighted by atomic mass is 10.0. The van der Waals surface area contributed by atoms with Gasteiger partial charge in [0, 0.05) is 23.0 Å². The van der Waals surface area contributed by atoms with Crippen molar-refractivity contribution in [3.05, 3.63) is 27.2 Å². The molecule has 4 heteroatoms. The van der Waals surface area contributed by atoms with Gasteiger partial charge >= 0.3 is 0 Å². The lowest BCUT2D eigenvalue weighted by Gasteiger charge is -2.24. The molecule has 0 unspecified atom stereocenters. The molecule has 1 aliphatic rings. The molecule has 0 amide bonds. The molecular weight excluding hydrogens is 253 g/mol. The second-order valence-electron chi connectivity index (χ2n) is 3.02. The summed E-state index contributed by atoms with van der Waals surface area (Å²) in [7, 11) is 0. The van der Waals surface area contributed by atoms with Crippen LogP contribution in [0.25, 0.3) is 0 Å². The minimum absolute atomic E-state index is 0.00579. The molecular formula is C9H9BrClNO. The van der Waals surface area contributed by atoms with Crippen molar-refractivity contribution < 1.29 is 4.74 Å². The Morgan fingerprint density at radius 2 is 2.31 bits per heavy atom. The first-order chi connectivity index (χ1) is 6.20. The summed E-state index contributed by atoms with van der Waals surface area (Å²) in [5, 5.41) is 0.686. The van der Waals surface area contributed by atoms with E-state index in [0.717, 1.165) is 22.2 Å². The molecule has 0 spiro atoms. The van der Waals surface area contributed by atoms with Crippen LogP contribution < -0.4 is 10.5 Å². The van der Waals surface area contributed by atoms with Crippen LogP contribution in [0.15, 0.2) is 16.6 Å². The van der Waals surface area contributed by atoms with E-state index in [1.165, 1.54) is 0 Å². The van der Waals surface area contributed by atoms with Gasteiger partial charge in [0.1, 0.15) is 5.75 Å². The number of ether oxygens (including phenoxy) is 1. The Morgan fingerprint density at radius 1 is 1.54 bits per heavy atom.